The van der Waals surface area contributed by atoms with E-state index in [9.17, 15) is 9.18 Å². The van der Waals surface area contributed by atoms with Crippen LogP contribution in [-0.4, -0.2) is 10.9 Å². The average molecular weight is 323 g/mol. The van der Waals surface area contributed by atoms with Crippen LogP contribution in [0.5, 0.6) is 0 Å². The third-order valence-electron chi connectivity index (χ3n) is 2.67. The largest absolute Gasteiger partial charge is 0.463 e. The molecule has 0 atom stereocenters. The van der Waals surface area contributed by atoms with Crippen LogP contribution in [-0.2, 0) is 0 Å². The Morgan fingerprint density at radius 1 is 1.38 bits per heavy atom. The molecule has 0 radical (unpaired) electrons. The van der Waals surface area contributed by atoms with E-state index in [1.165, 1.54) is 29.7 Å². The molecule has 0 unspecified atom stereocenters. The summed E-state index contributed by atoms with van der Waals surface area (Å²) in [6.45, 7) is 0. The van der Waals surface area contributed by atoms with Gasteiger partial charge in [-0.3, -0.25) is 10.1 Å². The van der Waals surface area contributed by atoms with Gasteiger partial charge in [0.1, 0.15) is 11.5 Å². The Morgan fingerprint density at radius 2 is 2.24 bits per heavy atom. The van der Waals surface area contributed by atoms with Gasteiger partial charge in [0.25, 0.3) is 5.91 Å². The number of hydrogen-bond acceptors (Lipinski definition) is 4. The Labute approximate surface area is 128 Å². The molecule has 0 saturated heterocycles. The number of carbonyl (C=O) groups excluding carboxylic acids is 1. The fourth-order valence-electron chi connectivity index (χ4n) is 1.70. The minimum Gasteiger partial charge on any atom is -0.463 e. The Morgan fingerprint density at radius 3 is 3.00 bits per heavy atom. The third-order valence-corrected chi connectivity index (χ3v) is 3.66. The fourth-order valence-corrected chi connectivity index (χ4v) is 2.57. The Hall–Kier alpha value is -2.18. The van der Waals surface area contributed by atoms with Gasteiger partial charge in [0.05, 0.1) is 11.8 Å². The van der Waals surface area contributed by atoms with Gasteiger partial charge in [-0.1, -0.05) is 11.6 Å². The molecular weight excluding hydrogens is 315 g/mol. The van der Waals surface area contributed by atoms with Crippen molar-refractivity contribution in [3.05, 3.63) is 58.4 Å². The van der Waals surface area contributed by atoms with E-state index in [-0.39, 0.29) is 10.6 Å². The van der Waals surface area contributed by atoms with E-state index in [2.05, 4.69) is 10.3 Å². The van der Waals surface area contributed by atoms with Crippen LogP contribution in [0.15, 0.2) is 46.4 Å². The highest BCUT2D eigenvalue weighted by molar-refractivity contribution is 7.14. The number of rotatable bonds is 3. The van der Waals surface area contributed by atoms with Gasteiger partial charge in [-0.2, -0.15) is 0 Å². The lowest BCUT2D eigenvalue weighted by molar-refractivity contribution is 0.102. The van der Waals surface area contributed by atoms with Gasteiger partial charge >= 0.3 is 0 Å². The third kappa shape index (κ3) is 2.96. The highest BCUT2D eigenvalue weighted by Gasteiger charge is 2.15. The molecule has 0 aliphatic rings. The first-order chi connectivity index (χ1) is 10.1. The molecule has 3 aromatic rings. The highest BCUT2D eigenvalue weighted by atomic mass is 35.5. The van der Waals surface area contributed by atoms with Gasteiger partial charge in [0.2, 0.25) is 0 Å². The van der Waals surface area contributed by atoms with Crippen LogP contribution in [0.25, 0.3) is 11.5 Å². The molecule has 0 aliphatic heterocycles. The lowest BCUT2D eigenvalue weighted by Gasteiger charge is -2.03. The molecule has 3 rings (SSSR count). The minimum atomic E-state index is -0.639. The number of furan rings is 1. The standard InChI is InChI=1S/C14H8ClFN2O2S/c15-8-3-4-10(16)9(6-8)13(19)18-14-17-11(7-21-14)12-2-1-5-20-12/h1-7H,(H,17,18,19). The molecule has 7 heteroatoms. The molecule has 1 N–H and O–H groups in total. The topological polar surface area (TPSA) is 55.1 Å². The SMILES string of the molecule is O=C(Nc1nc(-c2ccco2)cs1)c1cc(Cl)ccc1F. The Balaban J connectivity index is 1.80. The first-order valence-corrected chi connectivity index (χ1v) is 7.15. The first-order valence-electron chi connectivity index (χ1n) is 5.89. The van der Waals surface area contributed by atoms with Crippen molar-refractivity contribution in [2.75, 3.05) is 5.32 Å². The summed E-state index contributed by atoms with van der Waals surface area (Å²) in [5.74, 6) is -0.643. The number of aromatic nitrogens is 1. The molecule has 0 bridgehead atoms. The van der Waals surface area contributed by atoms with Crippen LogP contribution in [0.3, 0.4) is 0 Å². The molecule has 0 saturated carbocycles. The van der Waals surface area contributed by atoms with Crippen molar-refractivity contribution in [2.45, 2.75) is 0 Å². The van der Waals surface area contributed by atoms with Crippen LogP contribution < -0.4 is 5.32 Å². The predicted octanol–water partition coefficient (Wildman–Crippen LogP) is 4.45. The van der Waals surface area contributed by atoms with E-state index in [4.69, 9.17) is 16.0 Å². The summed E-state index contributed by atoms with van der Waals surface area (Å²) in [5, 5.41) is 4.92. The van der Waals surface area contributed by atoms with E-state index in [1.807, 2.05) is 0 Å². The van der Waals surface area contributed by atoms with Crippen molar-refractivity contribution in [2.24, 2.45) is 0 Å². The van der Waals surface area contributed by atoms with Crippen molar-refractivity contribution in [1.29, 1.82) is 0 Å². The zero-order valence-corrected chi connectivity index (χ0v) is 12.0. The van der Waals surface area contributed by atoms with Crippen molar-refractivity contribution >= 4 is 34.0 Å². The maximum Gasteiger partial charge on any atom is 0.260 e. The zero-order valence-electron chi connectivity index (χ0n) is 10.5. The molecule has 4 nitrogen and oxygen atoms in total. The monoisotopic (exact) mass is 322 g/mol. The molecule has 2 aromatic heterocycles. The van der Waals surface area contributed by atoms with Gasteiger partial charge in [0.15, 0.2) is 10.9 Å². The highest BCUT2D eigenvalue weighted by Crippen LogP contribution is 2.25. The molecule has 106 valence electrons. The summed E-state index contributed by atoms with van der Waals surface area (Å²) in [4.78, 5) is 16.2. The second-order valence-corrected chi connectivity index (χ2v) is 5.39. The van der Waals surface area contributed by atoms with Crippen molar-refractivity contribution in [3.63, 3.8) is 0 Å². The number of carbonyl (C=O) groups is 1. The zero-order chi connectivity index (χ0) is 14.8. The summed E-state index contributed by atoms with van der Waals surface area (Å²) in [7, 11) is 0. The second-order valence-electron chi connectivity index (χ2n) is 4.09. The lowest BCUT2D eigenvalue weighted by Crippen LogP contribution is -2.13. The number of hydrogen-bond donors (Lipinski definition) is 1. The normalized spacial score (nSPS) is 10.6. The number of amides is 1. The van der Waals surface area contributed by atoms with Crippen molar-refractivity contribution < 1.29 is 13.6 Å². The average Bonchev–Trinajstić information content (AvgIpc) is 3.11. The van der Waals surface area contributed by atoms with Crippen molar-refractivity contribution in [3.8, 4) is 11.5 Å². The fraction of sp³-hybridized carbons (Fsp3) is 0. The van der Waals surface area contributed by atoms with Crippen LogP contribution in [0.2, 0.25) is 5.02 Å². The van der Waals surface area contributed by atoms with E-state index in [0.717, 1.165) is 6.07 Å². The maximum atomic E-state index is 13.6. The minimum absolute atomic E-state index is 0.128. The van der Waals surface area contributed by atoms with Crippen molar-refractivity contribution in [1.82, 2.24) is 4.98 Å². The lowest BCUT2D eigenvalue weighted by atomic mass is 10.2. The molecule has 2 heterocycles. The molecule has 0 aliphatic carbocycles. The quantitative estimate of drug-likeness (QED) is 0.775. The molecule has 1 aromatic carbocycles. The molecule has 1 amide bonds. The Kier molecular flexibility index (Phi) is 3.72. The molecular formula is C14H8ClFN2O2S. The van der Waals surface area contributed by atoms with Gasteiger partial charge in [-0.25, -0.2) is 9.37 Å². The summed E-state index contributed by atoms with van der Waals surface area (Å²) < 4.78 is 18.8. The number of nitrogens with zero attached hydrogens (tertiary/aromatic N) is 1. The molecule has 0 fully saturated rings. The number of nitrogens with one attached hydrogen (secondary N) is 1. The van der Waals surface area contributed by atoms with Gasteiger partial charge < -0.3 is 4.42 Å². The van der Waals surface area contributed by atoms with Crippen LogP contribution in [0.4, 0.5) is 9.52 Å². The number of benzene rings is 1. The first kappa shape index (κ1) is 13.8. The number of anilines is 1. The van der Waals surface area contributed by atoms with Crippen LogP contribution >= 0.6 is 22.9 Å². The van der Waals surface area contributed by atoms with Gasteiger partial charge in [-0.15, -0.1) is 11.3 Å². The van der Waals surface area contributed by atoms with Gasteiger partial charge in [-0.05, 0) is 30.3 Å². The smallest absolute Gasteiger partial charge is 0.260 e. The predicted molar refractivity (Wildman–Crippen MR) is 79.2 cm³/mol. The summed E-state index contributed by atoms with van der Waals surface area (Å²) in [6, 6.07) is 7.30. The number of thiazole rings is 1. The van der Waals surface area contributed by atoms with E-state index in [0.29, 0.717) is 16.6 Å². The van der Waals surface area contributed by atoms with E-state index >= 15 is 0 Å². The van der Waals surface area contributed by atoms with E-state index in [1.54, 1.807) is 17.5 Å². The summed E-state index contributed by atoms with van der Waals surface area (Å²) in [5.41, 5.74) is 0.476. The summed E-state index contributed by atoms with van der Waals surface area (Å²) >= 11 is 6.99. The van der Waals surface area contributed by atoms with Crippen LogP contribution in [0, 0.1) is 5.82 Å². The van der Waals surface area contributed by atoms with Gasteiger partial charge in [0, 0.05) is 10.4 Å². The number of halogens is 2. The van der Waals surface area contributed by atoms with Crippen LogP contribution in [0.1, 0.15) is 10.4 Å². The summed E-state index contributed by atoms with van der Waals surface area (Å²) in [6.07, 6.45) is 1.54. The molecule has 21 heavy (non-hydrogen) atoms. The molecule has 0 spiro atoms. The maximum absolute atomic E-state index is 13.6. The Bertz CT molecular complexity index is 786. The van der Waals surface area contributed by atoms with E-state index < -0.39 is 11.7 Å². The second kappa shape index (κ2) is 5.67.